The van der Waals surface area contributed by atoms with E-state index < -0.39 is 0 Å². The van der Waals surface area contributed by atoms with Crippen LogP contribution in [0.4, 0.5) is 5.69 Å². The van der Waals surface area contributed by atoms with Crippen molar-refractivity contribution in [2.45, 2.75) is 38.3 Å². The zero-order chi connectivity index (χ0) is 16.7. The number of nitrogens with zero attached hydrogens (tertiary/aromatic N) is 4. The van der Waals surface area contributed by atoms with E-state index in [1.165, 1.54) is 0 Å². The van der Waals surface area contributed by atoms with Gasteiger partial charge in [-0.1, -0.05) is 17.7 Å². The smallest absolute Gasteiger partial charge is 0.241 e. The predicted molar refractivity (Wildman–Crippen MR) is 90.0 cm³/mol. The standard InChI is InChI=1S/C17H19ClN4O2/c1-11-8-22(14-4-2-3-13(18)7-14)16(23)10-21(11)9-15-19-20-17(24-15)12-5-6-12/h2-4,7,11-12H,5-6,8-10H2,1H3/t11-/m0/s1. The summed E-state index contributed by atoms with van der Waals surface area (Å²) in [5, 5.41) is 8.86. The maximum atomic E-state index is 12.6. The molecule has 1 saturated heterocycles. The van der Waals surface area contributed by atoms with Gasteiger partial charge < -0.3 is 9.32 Å². The van der Waals surface area contributed by atoms with E-state index in [4.69, 9.17) is 16.0 Å². The van der Waals surface area contributed by atoms with Gasteiger partial charge in [0.05, 0.1) is 13.1 Å². The fraction of sp³-hybridized carbons (Fsp3) is 0.471. The van der Waals surface area contributed by atoms with Gasteiger partial charge in [0.2, 0.25) is 17.7 Å². The fourth-order valence-electron chi connectivity index (χ4n) is 3.00. The topological polar surface area (TPSA) is 62.5 Å². The van der Waals surface area contributed by atoms with Crippen LogP contribution in [-0.4, -0.2) is 40.1 Å². The Morgan fingerprint density at radius 2 is 2.17 bits per heavy atom. The molecular formula is C17H19ClN4O2. The van der Waals surface area contributed by atoms with Crippen molar-refractivity contribution in [1.82, 2.24) is 15.1 Å². The zero-order valence-corrected chi connectivity index (χ0v) is 14.2. The van der Waals surface area contributed by atoms with Crippen molar-refractivity contribution in [2.24, 2.45) is 0 Å². The predicted octanol–water partition coefficient (Wildman–Crippen LogP) is 2.84. The first-order chi connectivity index (χ1) is 11.6. The van der Waals surface area contributed by atoms with Gasteiger partial charge >= 0.3 is 0 Å². The Morgan fingerprint density at radius 3 is 2.92 bits per heavy atom. The normalized spacial score (nSPS) is 22.2. The first-order valence-corrected chi connectivity index (χ1v) is 8.60. The van der Waals surface area contributed by atoms with Gasteiger partial charge in [0.25, 0.3) is 0 Å². The minimum atomic E-state index is 0.0531. The quantitative estimate of drug-likeness (QED) is 0.851. The second kappa shape index (κ2) is 6.18. The molecule has 2 fully saturated rings. The number of hydrogen-bond acceptors (Lipinski definition) is 5. The SMILES string of the molecule is C[C@H]1CN(c2cccc(Cl)c2)C(=O)CN1Cc1nnc(C2CC2)o1. The van der Waals surface area contributed by atoms with Crippen LogP contribution in [-0.2, 0) is 11.3 Å². The average Bonchev–Trinajstić information content (AvgIpc) is 3.30. The van der Waals surface area contributed by atoms with Crippen LogP contribution in [0.15, 0.2) is 28.7 Å². The Labute approximate surface area is 145 Å². The Hall–Kier alpha value is -1.92. The third-order valence-corrected chi connectivity index (χ3v) is 4.81. The van der Waals surface area contributed by atoms with Gasteiger partial charge in [0.1, 0.15) is 0 Å². The van der Waals surface area contributed by atoms with Crippen molar-refractivity contribution in [3.8, 4) is 0 Å². The third kappa shape index (κ3) is 3.16. The molecule has 6 nitrogen and oxygen atoms in total. The van der Waals surface area contributed by atoms with Crippen LogP contribution in [0.5, 0.6) is 0 Å². The van der Waals surface area contributed by atoms with Gasteiger partial charge in [0.15, 0.2) is 0 Å². The molecule has 1 aliphatic carbocycles. The van der Waals surface area contributed by atoms with Crippen LogP contribution >= 0.6 is 11.6 Å². The number of anilines is 1. The summed E-state index contributed by atoms with van der Waals surface area (Å²) in [7, 11) is 0. The van der Waals surface area contributed by atoms with E-state index in [1.807, 2.05) is 24.3 Å². The molecule has 0 radical (unpaired) electrons. The lowest BCUT2D eigenvalue weighted by atomic mass is 10.1. The molecule has 24 heavy (non-hydrogen) atoms. The Bertz CT molecular complexity index is 759. The molecule has 2 aliphatic rings. The molecule has 1 amide bonds. The Morgan fingerprint density at radius 1 is 1.33 bits per heavy atom. The van der Waals surface area contributed by atoms with Crippen molar-refractivity contribution < 1.29 is 9.21 Å². The highest BCUT2D eigenvalue weighted by atomic mass is 35.5. The minimum absolute atomic E-state index is 0.0531. The largest absolute Gasteiger partial charge is 0.424 e. The lowest BCUT2D eigenvalue weighted by Crippen LogP contribution is -2.54. The monoisotopic (exact) mass is 346 g/mol. The molecule has 1 aromatic heterocycles. The van der Waals surface area contributed by atoms with Gasteiger partial charge in [-0.15, -0.1) is 10.2 Å². The van der Waals surface area contributed by atoms with Crippen LogP contribution in [0.2, 0.25) is 5.02 Å². The van der Waals surface area contributed by atoms with Crippen molar-refractivity contribution in [1.29, 1.82) is 0 Å². The highest BCUT2D eigenvalue weighted by molar-refractivity contribution is 6.30. The molecule has 1 aliphatic heterocycles. The van der Waals surface area contributed by atoms with Crippen molar-refractivity contribution in [2.75, 3.05) is 18.0 Å². The summed E-state index contributed by atoms with van der Waals surface area (Å²) in [6.07, 6.45) is 2.27. The van der Waals surface area contributed by atoms with Gasteiger partial charge in [-0.2, -0.15) is 0 Å². The number of piperazine rings is 1. The number of amides is 1. The maximum Gasteiger partial charge on any atom is 0.241 e. The molecule has 0 bridgehead atoms. The van der Waals surface area contributed by atoms with Crippen LogP contribution in [0.1, 0.15) is 37.5 Å². The summed E-state index contributed by atoms with van der Waals surface area (Å²) in [6.45, 7) is 3.55. The molecule has 0 N–H and O–H groups in total. The van der Waals surface area contributed by atoms with Gasteiger partial charge in [0, 0.05) is 29.2 Å². The first kappa shape index (κ1) is 15.6. The molecule has 0 spiro atoms. The van der Waals surface area contributed by atoms with Crippen LogP contribution in [0.3, 0.4) is 0 Å². The molecule has 7 heteroatoms. The second-order valence-corrected chi connectivity index (χ2v) is 6.98. The summed E-state index contributed by atoms with van der Waals surface area (Å²) in [5.41, 5.74) is 0.841. The first-order valence-electron chi connectivity index (χ1n) is 8.22. The molecule has 1 aromatic carbocycles. The van der Waals surface area contributed by atoms with Crippen LogP contribution in [0, 0.1) is 0 Å². The van der Waals surface area contributed by atoms with Crippen molar-refractivity contribution in [3.63, 3.8) is 0 Å². The minimum Gasteiger partial charge on any atom is -0.424 e. The van der Waals surface area contributed by atoms with Crippen LogP contribution in [0.25, 0.3) is 0 Å². The van der Waals surface area contributed by atoms with Gasteiger partial charge in [-0.05, 0) is 38.0 Å². The average molecular weight is 347 g/mol. The Kier molecular flexibility index (Phi) is 4.02. The van der Waals surface area contributed by atoms with E-state index >= 15 is 0 Å². The highest BCUT2D eigenvalue weighted by Crippen LogP contribution is 2.39. The molecule has 0 unspecified atom stereocenters. The van der Waals surface area contributed by atoms with E-state index in [0.717, 1.165) is 24.4 Å². The molecule has 1 atom stereocenters. The summed E-state index contributed by atoms with van der Waals surface area (Å²) in [4.78, 5) is 16.4. The van der Waals surface area contributed by atoms with Gasteiger partial charge in [-0.3, -0.25) is 9.69 Å². The van der Waals surface area contributed by atoms with E-state index in [2.05, 4.69) is 22.0 Å². The number of rotatable bonds is 4. The maximum absolute atomic E-state index is 12.6. The van der Waals surface area contributed by atoms with Gasteiger partial charge in [-0.25, -0.2) is 0 Å². The molecule has 2 aromatic rings. The number of carbonyl (C=O) groups excluding carboxylic acids is 1. The fourth-order valence-corrected chi connectivity index (χ4v) is 3.19. The molecule has 4 rings (SSSR count). The van der Waals surface area contributed by atoms with Crippen LogP contribution < -0.4 is 4.90 Å². The van der Waals surface area contributed by atoms with E-state index in [0.29, 0.717) is 36.5 Å². The lowest BCUT2D eigenvalue weighted by Gasteiger charge is -2.38. The van der Waals surface area contributed by atoms with Crippen molar-refractivity contribution >= 4 is 23.2 Å². The number of hydrogen-bond donors (Lipinski definition) is 0. The number of aromatic nitrogens is 2. The van der Waals surface area contributed by atoms with E-state index in [1.54, 1.807) is 4.90 Å². The van der Waals surface area contributed by atoms with Crippen molar-refractivity contribution in [3.05, 3.63) is 41.1 Å². The third-order valence-electron chi connectivity index (χ3n) is 4.58. The molecule has 1 saturated carbocycles. The molecule has 126 valence electrons. The number of carbonyl (C=O) groups is 1. The number of halogens is 1. The lowest BCUT2D eigenvalue weighted by molar-refractivity contribution is -0.122. The summed E-state index contributed by atoms with van der Waals surface area (Å²) < 4.78 is 5.71. The van der Waals surface area contributed by atoms with E-state index in [9.17, 15) is 4.79 Å². The number of benzene rings is 1. The van der Waals surface area contributed by atoms with E-state index in [-0.39, 0.29) is 11.9 Å². The second-order valence-electron chi connectivity index (χ2n) is 6.55. The zero-order valence-electron chi connectivity index (χ0n) is 13.5. The summed E-state index contributed by atoms with van der Waals surface area (Å²) in [5.74, 6) is 1.83. The molecular weight excluding hydrogens is 328 g/mol. The summed E-state index contributed by atoms with van der Waals surface area (Å²) in [6, 6.07) is 7.59. The highest BCUT2D eigenvalue weighted by Gasteiger charge is 2.33. The molecule has 2 heterocycles. The summed E-state index contributed by atoms with van der Waals surface area (Å²) >= 11 is 6.04. The Balaban J connectivity index is 1.44.